The molecule has 0 saturated heterocycles. The molecule has 0 N–H and O–H groups in total. The lowest BCUT2D eigenvalue weighted by atomic mass is 10.5. The van der Waals surface area contributed by atoms with Crippen molar-refractivity contribution in [3.63, 3.8) is 0 Å². The summed E-state index contributed by atoms with van der Waals surface area (Å²) in [6, 6.07) is 7.02. The highest BCUT2D eigenvalue weighted by molar-refractivity contribution is 8.01. The molecule has 0 saturated carbocycles. The van der Waals surface area contributed by atoms with Crippen molar-refractivity contribution in [2.75, 3.05) is 5.75 Å². The van der Waals surface area contributed by atoms with Crippen LogP contribution in [0.4, 0.5) is 0 Å². The summed E-state index contributed by atoms with van der Waals surface area (Å²) >= 11 is 3.05. The Morgan fingerprint density at radius 3 is 3.07 bits per heavy atom. The fourth-order valence-corrected chi connectivity index (χ4v) is 2.98. The normalized spacial score (nSPS) is 10.4. The van der Waals surface area contributed by atoms with E-state index in [2.05, 4.69) is 11.6 Å². The Labute approximate surface area is 95.7 Å². The Bertz CT molecular complexity index is 548. The summed E-state index contributed by atoms with van der Waals surface area (Å²) in [4.78, 5) is 16.0. The number of thioether (sulfide) groups is 1. The molecule has 1 heterocycles. The number of thiazole rings is 1. The molecule has 0 fully saturated rings. The Morgan fingerprint density at radius 2 is 2.27 bits per heavy atom. The van der Waals surface area contributed by atoms with Crippen LogP contribution >= 0.6 is 23.1 Å². The first-order chi connectivity index (χ1) is 7.31. The van der Waals surface area contributed by atoms with Gasteiger partial charge in [-0.25, -0.2) is 4.98 Å². The van der Waals surface area contributed by atoms with Gasteiger partial charge in [0.2, 0.25) is 0 Å². The molecule has 0 radical (unpaired) electrons. The smallest absolute Gasteiger partial charge is 0.198 e. The Hall–Kier alpha value is -1.13. The average Bonchev–Trinajstić information content (AvgIpc) is 2.57. The Balaban J connectivity index is 2.53. The highest BCUT2D eigenvalue weighted by atomic mass is 32.2. The van der Waals surface area contributed by atoms with Crippen molar-refractivity contribution in [2.45, 2.75) is 4.34 Å². The molecule has 15 heavy (non-hydrogen) atoms. The lowest BCUT2D eigenvalue weighted by Crippen LogP contribution is -1.90. The summed E-state index contributed by atoms with van der Waals surface area (Å²) in [7, 11) is 0. The molecule has 2 nitrogen and oxygen atoms in total. The van der Waals surface area contributed by atoms with E-state index in [-0.39, 0.29) is 5.43 Å². The van der Waals surface area contributed by atoms with E-state index in [1.54, 1.807) is 23.9 Å². The number of nitrogens with zero attached hydrogens (tertiary/aromatic N) is 1. The summed E-state index contributed by atoms with van der Waals surface area (Å²) < 4.78 is 1.65. The molecule has 0 aliphatic carbocycles. The maximum absolute atomic E-state index is 11.6. The number of rotatable bonds is 3. The van der Waals surface area contributed by atoms with E-state index in [0.29, 0.717) is 0 Å². The zero-order valence-electron chi connectivity index (χ0n) is 7.97. The summed E-state index contributed by atoms with van der Waals surface area (Å²) in [5.74, 6) is 0.820. The number of aromatic nitrogens is 1. The number of fused-ring (bicyclic) bond motifs is 1. The second kappa shape index (κ2) is 4.59. The first-order valence-corrected chi connectivity index (χ1v) is 6.25. The van der Waals surface area contributed by atoms with Crippen LogP contribution in [-0.2, 0) is 0 Å². The molecule has 0 spiro atoms. The maximum Gasteiger partial charge on any atom is 0.198 e. The van der Waals surface area contributed by atoms with Crippen LogP contribution < -0.4 is 5.43 Å². The molecule has 0 atom stereocenters. The quantitative estimate of drug-likeness (QED) is 0.605. The average molecular weight is 235 g/mol. The molecule has 0 amide bonds. The van der Waals surface area contributed by atoms with Gasteiger partial charge in [0, 0.05) is 5.75 Å². The third kappa shape index (κ3) is 2.27. The van der Waals surface area contributed by atoms with Crippen LogP contribution in [0.5, 0.6) is 0 Å². The van der Waals surface area contributed by atoms with Gasteiger partial charge in [-0.1, -0.05) is 30.0 Å². The van der Waals surface area contributed by atoms with Gasteiger partial charge in [-0.15, -0.1) is 17.9 Å². The molecule has 4 heteroatoms. The predicted octanol–water partition coefficient (Wildman–Crippen LogP) is 2.93. The van der Waals surface area contributed by atoms with Gasteiger partial charge in [-0.05, 0) is 12.1 Å². The van der Waals surface area contributed by atoms with Gasteiger partial charge in [0.1, 0.15) is 4.70 Å². The van der Waals surface area contributed by atoms with Crippen LogP contribution in [0.2, 0.25) is 0 Å². The minimum absolute atomic E-state index is 0.0398. The number of hydrogen-bond donors (Lipinski definition) is 0. The van der Waals surface area contributed by atoms with Crippen molar-refractivity contribution >= 4 is 33.3 Å². The lowest BCUT2D eigenvalue weighted by molar-refractivity contribution is 1.31. The van der Waals surface area contributed by atoms with Crippen LogP contribution in [0.15, 0.2) is 46.1 Å². The van der Waals surface area contributed by atoms with E-state index in [9.17, 15) is 4.79 Å². The van der Waals surface area contributed by atoms with Crippen molar-refractivity contribution in [3.05, 3.63) is 47.1 Å². The Kier molecular flexibility index (Phi) is 3.18. The monoisotopic (exact) mass is 235 g/mol. The van der Waals surface area contributed by atoms with Crippen LogP contribution in [0.25, 0.3) is 10.2 Å². The van der Waals surface area contributed by atoms with Gasteiger partial charge < -0.3 is 0 Å². The van der Waals surface area contributed by atoms with E-state index in [1.807, 2.05) is 18.2 Å². The van der Waals surface area contributed by atoms with Gasteiger partial charge in [-0.3, -0.25) is 4.79 Å². The molecule has 2 rings (SSSR count). The van der Waals surface area contributed by atoms with Crippen LogP contribution in [0.3, 0.4) is 0 Å². The predicted molar refractivity (Wildman–Crippen MR) is 66.8 cm³/mol. The molecule has 0 aliphatic heterocycles. The van der Waals surface area contributed by atoms with Crippen molar-refractivity contribution in [2.24, 2.45) is 0 Å². The molecular formula is C11H9NOS2. The fourth-order valence-electron chi connectivity index (χ4n) is 1.16. The van der Waals surface area contributed by atoms with E-state index >= 15 is 0 Å². The van der Waals surface area contributed by atoms with Crippen molar-refractivity contribution in [3.8, 4) is 0 Å². The molecule has 2 aromatic rings. The third-order valence-corrected chi connectivity index (χ3v) is 4.02. The summed E-state index contributed by atoms with van der Waals surface area (Å²) in [6.07, 6.45) is 1.83. The molecule has 76 valence electrons. The summed E-state index contributed by atoms with van der Waals surface area (Å²) in [5.41, 5.74) is 0.819. The number of hydrogen-bond acceptors (Lipinski definition) is 4. The van der Waals surface area contributed by atoms with E-state index in [1.165, 1.54) is 11.3 Å². The molecular weight excluding hydrogens is 226 g/mol. The largest absolute Gasteiger partial charge is 0.288 e. The van der Waals surface area contributed by atoms with E-state index in [4.69, 9.17) is 0 Å². The second-order valence-electron chi connectivity index (χ2n) is 2.88. The third-order valence-electron chi connectivity index (χ3n) is 1.80. The van der Waals surface area contributed by atoms with Gasteiger partial charge in [0.05, 0.1) is 5.52 Å². The minimum atomic E-state index is 0.0398. The molecule has 1 aromatic heterocycles. The van der Waals surface area contributed by atoms with Crippen molar-refractivity contribution in [1.82, 2.24) is 4.98 Å². The van der Waals surface area contributed by atoms with Crippen molar-refractivity contribution in [1.29, 1.82) is 0 Å². The SMILES string of the molecule is C=CCSc1nc2ccccc(=O)c2s1. The maximum atomic E-state index is 11.6. The molecule has 0 aliphatic rings. The molecule has 1 aromatic carbocycles. The second-order valence-corrected chi connectivity index (χ2v) is 5.14. The highest BCUT2D eigenvalue weighted by Gasteiger charge is 2.04. The fraction of sp³-hybridized carbons (Fsp3) is 0.0909. The van der Waals surface area contributed by atoms with E-state index < -0.39 is 0 Å². The molecule has 0 bridgehead atoms. The lowest BCUT2D eigenvalue weighted by Gasteiger charge is -1.86. The first-order valence-electron chi connectivity index (χ1n) is 4.45. The van der Waals surface area contributed by atoms with Crippen LogP contribution in [0.1, 0.15) is 0 Å². The van der Waals surface area contributed by atoms with Gasteiger partial charge in [-0.2, -0.15) is 0 Å². The minimum Gasteiger partial charge on any atom is -0.288 e. The topological polar surface area (TPSA) is 30.0 Å². The van der Waals surface area contributed by atoms with Gasteiger partial charge in [0.15, 0.2) is 9.77 Å². The van der Waals surface area contributed by atoms with Crippen LogP contribution in [0, 0.1) is 0 Å². The Morgan fingerprint density at radius 1 is 1.47 bits per heavy atom. The summed E-state index contributed by atoms with van der Waals surface area (Å²) in [6.45, 7) is 3.65. The zero-order valence-corrected chi connectivity index (χ0v) is 9.61. The van der Waals surface area contributed by atoms with Gasteiger partial charge in [0.25, 0.3) is 0 Å². The van der Waals surface area contributed by atoms with E-state index in [0.717, 1.165) is 20.3 Å². The standard InChI is InChI=1S/C11H9NOS2/c1-2-7-14-11-12-8-5-3-4-6-9(13)10(8)15-11/h2-6H,1,7H2. The highest BCUT2D eigenvalue weighted by Crippen LogP contribution is 2.26. The van der Waals surface area contributed by atoms with Crippen LogP contribution in [-0.4, -0.2) is 10.7 Å². The molecule has 0 unspecified atom stereocenters. The van der Waals surface area contributed by atoms with Gasteiger partial charge >= 0.3 is 0 Å². The zero-order chi connectivity index (χ0) is 10.7. The first kappa shape index (κ1) is 10.4. The summed E-state index contributed by atoms with van der Waals surface area (Å²) in [5, 5.41) is 0. The van der Waals surface area contributed by atoms with Crippen molar-refractivity contribution < 1.29 is 0 Å².